The van der Waals surface area contributed by atoms with Gasteiger partial charge < -0.3 is 20.5 Å². The third kappa shape index (κ3) is 4.94. The van der Waals surface area contributed by atoms with Crippen molar-refractivity contribution in [2.75, 3.05) is 6.61 Å². The molecular formula is C28H32N2O5. The molecule has 4 rings (SSSR count). The number of carbonyl (C=O) groups is 3. The van der Waals surface area contributed by atoms with Crippen molar-refractivity contribution >= 4 is 18.0 Å². The Morgan fingerprint density at radius 1 is 1.00 bits per heavy atom. The average Bonchev–Trinajstić information content (AvgIpc) is 3.20. The van der Waals surface area contributed by atoms with Crippen LogP contribution in [0.25, 0.3) is 11.1 Å². The Morgan fingerprint density at radius 3 is 2.17 bits per heavy atom. The van der Waals surface area contributed by atoms with E-state index in [1.165, 1.54) is 0 Å². The predicted molar refractivity (Wildman–Crippen MR) is 133 cm³/mol. The quantitative estimate of drug-likeness (QED) is 0.482. The van der Waals surface area contributed by atoms with E-state index in [9.17, 15) is 19.5 Å². The Labute approximate surface area is 205 Å². The van der Waals surface area contributed by atoms with E-state index in [2.05, 4.69) is 34.9 Å². The molecule has 2 aliphatic rings. The zero-order chi connectivity index (χ0) is 25.0. The molecule has 0 saturated carbocycles. The highest BCUT2D eigenvalue weighted by Crippen LogP contribution is 2.44. The maximum atomic E-state index is 13.2. The molecule has 184 valence electrons. The van der Waals surface area contributed by atoms with Gasteiger partial charge in [0, 0.05) is 12.0 Å². The van der Waals surface area contributed by atoms with Gasteiger partial charge in [0.05, 0.1) is 5.92 Å². The molecule has 2 aromatic rings. The van der Waals surface area contributed by atoms with E-state index in [0.717, 1.165) is 22.3 Å². The van der Waals surface area contributed by atoms with E-state index in [4.69, 9.17) is 4.74 Å². The van der Waals surface area contributed by atoms with E-state index in [0.29, 0.717) is 25.7 Å². The number of benzene rings is 2. The zero-order valence-electron chi connectivity index (χ0n) is 20.1. The molecule has 0 unspecified atom stereocenters. The lowest BCUT2D eigenvalue weighted by Gasteiger charge is -2.33. The summed E-state index contributed by atoms with van der Waals surface area (Å²) >= 11 is 0. The fourth-order valence-electron chi connectivity index (χ4n) is 5.14. The van der Waals surface area contributed by atoms with E-state index in [1.54, 1.807) is 6.08 Å². The molecule has 3 N–H and O–H groups in total. The minimum atomic E-state index is -1.15. The summed E-state index contributed by atoms with van der Waals surface area (Å²) in [4.78, 5) is 37.5. The second-order valence-corrected chi connectivity index (χ2v) is 9.25. The van der Waals surface area contributed by atoms with Gasteiger partial charge in [0.1, 0.15) is 12.1 Å². The van der Waals surface area contributed by atoms with Crippen LogP contribution in [0.15, 0.2) is 60.7 Å². The van der Waals surface area contributed by atoms with Crippen LogP contribution >= 0.6 is 0 Å². The molecule has 0 spiro atoms. The average molecular weight is 477 g/mol. The Kier molecular flexibility index (Phi) is 7.24. The van der Waals surface area contributed by atoms with E-state index >= 15 is 0 Å². The van der Waals surface area contributed by atoms with Gasteiger partial charge >= 0.3 is 12.1 Å². The smallest absolute Gasteiger partial charge is 0.408 e. The van der Waals surface area contributed by atoms with Crippen molar-refractivity contribution in [3.8, 4) is 11.1 Å². The maximum Gasteiger partial charge on any atom is 0.408 e. The summed E-state index contributed by atoms with van der Waals surface area (Å²) in [5, 5.41) is 15.0. The summed E-state index contributed by atoms with van der Waals surface area (Å²) < 4.78 is 5.67. The second-order valence-electron chi connectivity index (χ2n) is 9.25. The van der Waals surface area contributed by atoms with Crippen LogP contribution in [0.4, 0.5) is 4.79 Å². The summed E-state index contributed by atoms with van der Waals surface area (Å²) in [6.45, 7) is 3.84. The monoisotopic (exact) mass is 476 g/mol. The van der Waals surface area contributed by atoms with Crippen molar-refractivity contribution in [2.24, 2.45) is 5.92 Å². The fourth-order valence-corrected chi connectivity index (χ4v) is 5.14. The molecule has 0 aromatic heterocycles. The van der Waals surface area contributed by atoms with Gasteiger partial charge in [0.15, 0.2) is 0 Å². The largest absolute Gasteiger partial charge is 0.481 e. The predicted octanol–water partition coefficient (Wildman–Crippen LogP) is 4.62. The summed E-state index contributed by atoms with van der Waals surface area (Å²) in [6, 6.07) is 15.8. The highest BCUT2D eigenvalue weighted by molar-refractivity contribution is 5.90. The van der Waals surface area contributed by atoms with Gasteiger partial charge in [-0.05, 0) is 47.9 Å². The number of alkyl carbamates (subject to hydrolysis) is 1. The molecule has 0 bridgehead atoms. The van der Waals surface area contributed by atoms with Crippen LogP contribution in [0, 0.1) is 5.92 Å². The maximum absolute atomic E-state index is 13.2. The number of ether oxygens (including phenoxy) is 1. The van der Waals surface area contributed by atoms with Crippen molar-refractivity contribution in [2.45, 2.75) is 57.0 Å². The lowest BCUT2D eigenvalue weighted by molar-refractivity contribution is -0.142. The summed E-state index contributed by atoms with van der Waals surface area (Å²) in [5.74, 6) is -1.81. The molecule has 7 heteroatoms. The minimum Gasteiger partial charge on any atom is -0.481 e. The van der Waals surface area contributed by atoms with Gasteiger partial charge in [-0.15, -0.1) is 0 Å². The number of fused-ring (bicyclic) bond motifs is 3. The third-order valence-electron chi connectivity index (χ3n) is 7.32. The lowest BCUT2D eigenvalue weighted by Crippen LogP contribution is -2.60. The second kappa shape index (κ2) is 10.3. The van der Waals surface area contributed by atoms with E-state index < -0.39 is 23.5 Å². The van der Waals surface area contributed by atoms with Crippen LogP contribution in [0.2, 0.25) is 0 Å². The molecule has 2 aliphatic carbocycles. The van der Waals surface area contributed by atoms with Gasteiger partial charge in [0.2, 0.25) is 5.91 Å². The van der Waals surface area contributed by atoms with Crippen molar-refractivity contribution in [1.29, 1.82) is 0 Å². The molecule has 2 atom stereocenters. The molecule has 2 amide bonds. The Morgan fingerprint density at radius 2 is 1.60 bits per heavy atom. The van der Waals surface area contributed by atoms with Gasteiger partial charge in [-0.1, -0.05) is 74.5 Å². The standard InChI is InChI=1S/C28H32N2O5/c1-3-28(4-2,26(33)29-19-11-9-10-18(16-19)25(31)32)30-27(34)35-17-24-22-14-7-5-12-20(22)21-13-6-8-15-23(21)24/h5-9,11-15,18-19,24H,3-4,10,16-17H2,1-2H3,(H,29,33)(H,30,34)(H,31,32)/t18-,19-/m1/s1. The van der Waals surface area contributed by atoms with Crippen LogP contribution in [-0.2, 0) is 14.3 Å². The van der Waals surface area contributed by atoms with Gasteiger partial charge in [-0.3, -0.25) is 9.59 Å². The first kappa shape index (κ1) is 24.5. The molecule has 0 aliphatic heterocycles. The van der Waals surface area contributed by atoms with Crippen LogP contribution in [0.5, 0.6) is 0 Å². The van der Waals surface area contributed by atoms with Gasteiger partial charge in [0.25, 0.3) is 0 Å². The van der Waals surface area contributed by atoms with Gasteiger partial charge in [-0.2, -0.15) is 0 Å². The highest BCUT2D eigenvalue weighted by Gasteiger charge is 2.39. The highest BCUT2D eigenvalue weighted by atomic mass is 16.5. The number of aliphatic carboxylic acids is 1. The first-order valence-corrected chi connectivity index (χ1v) is 12.2. The van der Waals surface area contributed by atoms with E-state index in [-0.39, 0.29) is 24.5 Å². The van der Waals surface area contributed by atoms with Gasteiger partial charge in [-0.25, -0.2) is 4.79 Å². The number of carboxylic acid groups (broad SMARTS) is 1. The number of nitrogens with one attached hydrogen (secondary N) is 2. The summed E-state index contributed by atoms with van der Waals surface area (Å²) in [5.41, 5.74) is 3.38. The third-order valence-corrected chi connectivity index (χ3v) is 7.32. The van der Waals surface area contributed by atoms with Crippen molar-refractivity contribution in [3.63, 3.8) is 0 Å². The number of amides is 2. The van der Waals surface area contributed by atoms with Crippen LogP contribution in [0.3, 0.4) is 0 Å². The van der Waals surface area contributed by atoms with Crippen molar-refractivity contribution in [1.82, 2.24) is 10.6 Å². The first-order valence-electron chi connectivity index (χ1n) is 12.2. The molecule has 2 aromatic carbocycles. The minimum absolute atomic E-state index is 0.0695. The molecule has 0 saturated heterocycles. The molecule has 0 radical (unpaired) electrons. The number of carboxylic acids is 1. The number of allylic oxidation sites excluding steroid dienone is 1. The normalized spacial score (nSPS) is 18.9. The zero-order valence-corrected chi connectivity index (χ0v) is 20.1. The summed E-state index contributed by atoms with van der Waals surface area (Å²) in [7, 11) is 0. The van der Waals surface area contributed by atoms with Crippen LogP contribution in [0.1, 0.15) is 56.6 Å². The summed E-state index contributed by atoms with van der Waals surface area (Å²) in [6.07, 6.45) is 4.48. The molecule has 35 heavy (non-hydrogen) atoms. The number of hydrogen-bond acceptors (Lipinski definition) is 4. The molecule has 0 fully saturated rings. The topological polar surface area (TPSA) is 105 Å². The van der Waals surface area contributed by atoms with Crippen molar-refractivity contribution < 1.29 is 24.2 Å². The van der Waals surface area contributed by atoms with E-state index in [1.807, 2.05) is 44.2 Å². The molecular weight excluding hydrogens is 444 g/mol. The molecule has 7 nitrogen and oxygen atoms in total. The SMILES string of the molecule is CCC(CC)(NC(=O)OCC1c2ccccc2-c2ccccc21)C(=O)N[C@@H]1C=CC[C@@H](C(=O)O)C1. The Bertz CT molecular complexity index is 1090. The van der Waals surface area contributed by atoms with Crippen molar-refractivity contribution in [3.05, 3.63) is 71.8 Å². The van der Waals surface area contributed by atoms with Crippen LogP contribution < -0.4 is 10.6 Å². The first-order chi connectivity index (χ1) is 16.9. The Hall–Kier alpha value is -3.61. The number of carbonyl (C=O) groups excluding carboxylic acids is 2. The number of rotatable bonds is 8. The number of hydrogen-bond donors (Lipinski definition) is 3. The fraction of sp³-hybridized carbons (Fsp3) is 0.393. The van der Waals surface area contributed by atoms with Crippen LogP contribution in [-0.4, -0.2) is 41.3 Å². The Balaban J connectivity index is 1.42. The molecule has 0 heterocycles. The lowest BCUT2D eigenvalue weighted by atomic mass is 9.88.